The van der Waals surface area contributed by atoms with Gasteiger partial charge in [0, 0.05) is 43.6 Å². The van der Waals surface area contributed by atoms with Crippen LogP contribution in [0.15, 0.2) is 54.0 Å². The molecule has 0 aliphatic carbocycles. The Morgan fingerprint density at radius 1 is 0.864 bits per heavy atom. The van der Waals surface area contributed by atoms with E-state index in [0.717, 1.165) is 73.1 Å². The van der Waals surface area contributed by atoms with Gasteiger partial charge in [-0.1, -0.05) is 90.5 Å². The van der Waals surface area contributed by atoms with Gasteiger partial charge in [-0.15, -0.1) is 11.3 Å². The Labute approximate surface area is 353 Å². The monoisotopic (exact) mass is 831 g/mol. The minimum Gasteiger partial charge on any atom is -0.391 e. The molecular weight excluding hydrogens is 767 g/mol. The molecule has 1 saturated heterocycles. The lowest BCUT2D eigenvalue weighted by Gasteiger charge is -2.35. The Balaban J connectivity index is 1.12. The van der Waals surface area contributed by atoms with Gasteiger partial charge in [-0.3, -0.25) is 29.4 Å². The van der Waals surface area contributed by atoms with Crippen molar-refractivity contribution >= 4 is 46.6 Å². The maximum absolute atomic E-state index is 14.0. The smallest absolute Gasteiger partial charge is 0.265 e. The average Bonchev–Trinajstić information content (AvgIpc) is 3.82. The number of β-amino-alcohol motifs (C(OH)–C–C–N with tert-alkyl or cyclic N) is 1. The number of hydrogen-bond donors (Lipinski definition) is 6. The predicted molar refractivity (Wildman–Crippen MR) is 233 cm³/mol. The first-order chi connectivity index (χ1) is 28.2. The number of aromatic nitrogens is 1. The van der Waals surface area contributed by atoms with Crippen LogP contribution in [-0.2, 0) is 19.2 Å². The van der Waals surface area contributed by atoms with Crippen LogP contribution in [0.4, 0.5) is 5.69 Å². The van der Waals surface area contributed by atoms with Crippen molar-refractivity contribution in [1.29, 1.82) is 0 Å². The SMILES string of the molecule is CCCNNC(=O)c1ccc(NC(=O)CCCCCCCCCCC(=O)N[C@H](C(=O)N2C[C@H](O)C[C@H]2C(=O)N[C@@H](C)c2ccc(-c3scnc3C)cc2)C(C)(C)C)cc1. The molecule has 4 atom stereocenters. The van der Waals surface area contributed by atoms with Gasteiger partial charge in [0.25, 0.3) is 5.91 Å². The number of carbonyl (C=O) groups is 5. The van der Waals surface area contributed by atoms with Crippen molar-refractivity contribution in [1.82, 2.24) is 31.4 Å². The fourth-order valence-corrected chi connectivity index (χ4v) is 7.96. The number of nitrogens with one attached hydrogen (secondary N) is 5. The second kappa shape index (κ2) is 23.2. The Kier molecular flexibility index (Phi) is 18.5. The van der Waals surface area contributed by atoms with Crippen molar-refractivity contribution in [3.8, 4) is 10.4 Å². The third-order valence-corrected chi connectivity index (χ3v) is 11.6. The van der Waals surface area contributed by atoms with Crippen molar-refractivity contribution in [2.45, 2.75) is 143 Å². The summed E-state index contributed by atoms with van der Waals surface area (Å²) in [5.41, 5.74) is 10.8. The highest BCUT2D eigenvalue weighted by atomic mass is 32.1. The van der Waals surface area contributed by atoms with Crippen molar-refractivity contribution in [2.75, 3.05) is 18.4 Å². The molecule has 1 fully saturated rings. The largest absolute Gasteiger partial charge is 0.391 e. The number of carbonyl (C=O) groups excluding carboxylic acids is 5. The number of aryl methyl sites for hydroxylation is 1. The van der Waals surface area contributed by atoms with E-state index in [4.69, 9.17) is 0 Å². The Hall–Kier alpha value is -4.66. The highest BCUT2D eigenvalue weighted by Crippen LogP contribution is 2.30. The number of rotatable bonds is 22. The topological polar surface area (TPSA) is 182 Å². The molecule has 322 valence electrons. The Morgan fingerprint density at radius 2 is 1.47 bits per heavy atom. The lowest BCUT2D eigenvalue weighted by molar-refractivity contribution is -0.144. The van der Waals surface area contributed by atoms with Gasteiger partial charge in [-0.2, -0.15) is 0 Å². The maximum atomic E-state index is 14.0. The standard InChI is InChI=1S/C45H65N7O6S/c1-7-26-47-51-42(56)34-22-24-35(25-23-34)49-38(54)16-14-12-10-8-9-11-13-15-17-39(55)50-41(45(4,5)6)44(58)52-28-36(53)27-37(52)43(57)48-30(2)32-18-20-33(21-19-32)40-31(3)46-29-59-40/h18-25,29-30,36-37,41,47,53H,7-17,26-28H2,1-6H3,(H,48,57)(H,49,54)(H,50,55)(H,51,56)/t30-,36+,37-,41+/m0/s1. The van der Waals surface area contributed by atoms with Gasteiger partial charge in [0.05, 0.1) is 28.2 Å². The van der Waals surface area contributed by atoms with Crippen LogP contribution in [0.1, 0.15) is 139 Å². The van der Waals surface area contributed by atoms with E-state index < -0.39 is 23.6 Å². The molecule has 0 bridgehead atoms. The number of nitrogens with zero attached hydrogens (tertiary/aromatic N) is 2. The predicted octanol–water partition coefficient (Wildman–Crippen LogP) is 6.97. The van der Waals surface area contributed by atoms with Gasteiger partial charge in [-0.05, 0) is 73.9 Å². The van der Waals surface area contributed by atoms with Crippen molar-refractivity contribution < 1.29 is 29.1 Å². The summed E-state index contributed by atoms with van der Waals surface area (Å²) in [6.07, 6.45) is 8.41. The van der Waals surface area contributed by atoms with Crippen LogP contribution in [0.5, 0.6) is 0 Å². The molecule has 0 radical (unpaired) electrons. The summed E-state index contributed by atoms with van der Waals surface area (Å²) < 4.78 is 0. The van der Waals surface area contributed by atoms with E-state index in [2.05, 4.69) is 31.8 Å². The number of likely N-dealkylation sites (tertiary alicyclic amines) is 1. The summed E-state index contributed by atoms with van der Waals surface area (Å²) in [6.45, 7) is 12.3. The van der Waals surface area contributed by atoms with Crippen LogP contribution in [0, 0.1) is 12.3 Å². The van der Waals surface area contributed by atoms with Crippen molar-refractivity contribution in [3.63, 3.8) is 0 Å². The molecule has 6 N–H and O–H groups in total. The number of hydrogen-bond acceptors (Lipinski definition) is 9. The Bertz CT molecular complexity index is 1820. The normalized spacial score (nSPS) is 16.3. The molecule has 4 rings (SSSR count). The molecule has 13 nitrogen and oxygen atoms in total. The van der Waals surface area contributed by atoms with Crippen LogP contribution in [0.3, 0.4) is 0 Å². The molecule has 2 aromatic carbocycles. The number of aliphatic hydroxyl groups excluding tert-OH is 1. The number of unbranched alkanes of at least 4 members (excludes halogenated alkanes) is 7. The molecule has 3 aromatic rings. The summed E-state index contributed by atoms with van der Waals surface area (Å²) in [5.74, 6) is -1.17. The summed E-state index contributed by atoms with van der Waals surface area (Å²) in [4.78, 5) is 72.1. The fourth-order valence-electron chi connectivity index (χ4n) is 7.15. The minimum absolute atomic E-state index is 0.0261. The lowest BCUT2D eigenvalue weighted by atomic mass is 9.85. The zero-order chi connectivity index (χ0) is 43.0. The fraction of sp³-hybridized carbons (Fsp3) is 0.556. The molecular formula is C45H65N7O6S. The van der Waals surface area contributed by atoms with Gasteiger partial charge in [0.1, 0.15) is 12.1 Å². The molecule has 59 heavy (non-hydrogen) atoms. The number of thiazole rings is 1. The highest BCUT2D eigenvalue weighted by molar-refractivity contribution is 7.13. The van der Waals surface area contributed by atoms with Crippen LogP contribution in [-0.4, -0.2) is 75.8 Å². The van der Waals surface area contributed by atoms with Gasteiger partial charge < -0.3 is 26.0 Å². The van der Waals surface area contributed by atoms with Crippen molar-refractivity contribution in [2.24, 2.45) is 5.41 Å². The van der Waals surface area contributed by atoms with E-state index in [1.165, 1.54) is 4.90 Å². The number of anilines is 1. The zero-order valence-corrected chi connectivity index (χ0v) is 36.5. The highest BCUT2D eigenvalue weighted by Gasteiger charge is 2.44. The third-order valence-electron chi connectivity index (χ3n) is 10.6. The second-order valence-corrected chi connectivity index (χ2v) is 17.6. The Morgan fingerprint density at radius 3 is 2.05 bits per heavy atom. The molecule has 0 saturated carbocycles. The molecule has 1 aliphatic heterocycles. The average molecular weight is 832 g/mol. The van der Waals surface area contributed by atoms with Gasteiger partial charge >= 0.3 is 0 Å². The minimum atomic E-state index is -0.857. The number of amides is 5. The van der Waals surface area contributed by atoms with Crippen LogP contribution >= 0.6 is 11.3 Å². The van der Waals surface area contributed by atoms with Crippen LogP contribution in [0.25, 0.3) is 10.4 Å². The van der Waals surface area contributed by atoms with E-state index >= 15 is 0 Å². The molecule has 2 heterocycles. The quantitative estimate of drug-likeness (QED) is 0.0464. The van der Waals surface area contributed by atoms with Crippen LogP contribution in [0.2, 0.25) is 0 Å². The van der Waals surface area contributed by atoms with Gasteiger partial charge in [0.2, 0.25) is 23.6 Å². The number of benzene rings is 2. The first-order valence-corrected chi connectivity index (χ1v) is 22.1. The van der Waals surface area contributed by atoms with E-state index in [-0.39, 0.29) is 48.5 Å². The van der Waals surface area contributed by atoms with Crippen LogP contribution < -0.4 is 26.8 Å². The van der Waals surface area contributed by atoms with E-state index in [9.17, 15) is 29.1 Å². The summed E-state index contributed by atoms with van der Waals surface area (Å²) in [7, 11) is 0. The molecule has 14 heteroatoms. The van der Waals surface area contributed by atoms with Crippen molar-refractivity contribution in [3.05, 3.63) is 70.9 Å². The van der Waals surface area contributed by atoms with Gasteiger partial charge in [-0.25, -0.2) is 10.4 Å². The first-order valence-electron chi connectivity index (χ1n) is 21.2. The number of aliphatic hydroxyl groups is 1. The molecule has 1 aromatic heterocycles. The van der Waals surface area contributed by atoms with E-state index in [1.807, 2.05) is 71.3 Å². The summed E-state index contributed by atoms with van der Waals surface area (Å²) in [5, 5.41) is 19.5. The van der Waals surface area contributed by atoms with Gasteiger partial charge in [0.15, 0.2) is 0 Å². The van der Waals surface area contributed by atoms with E-state index in [0.29, 0.717) is 37.1 Å². The lowest BCUT2D eigenvalue weighted by Crippen LogP contribution is -2.57. The zero-order valence-electron chi connectivity index (χ0n) is 35.7. The summed E-state index contributed by atoms with van der Waals surface area (Å²) in [6, 6.07) is 12.8. The maximum Gasteiger partial charge on any atom is 0.265 e. The second-order valence-electron chi connectivity index (χ2n) is 16.7. The molecule has 1 aliphatic rings. The number of hydrazine groups is 1. The molecule has 0 unspecified atom stereocenters. The molecule has 5 amide bonds. The third kappa shape index (κ3) is 14.8. The first kappa shape index (κ1) is 47.0. The molecule has 0 spiro atoms. The van der Waals surface area contributed by atoms with E-state index in [1.54, 1.807) is 35.6 Å². The summed E-state index contributed by atoms with van der Waals surface area (Å²) >= 11 is 1.58.